The molecular weight excluding hydrogens is 262 g/mol. The van der Waals surface area contributed by atoms with Gasteiger partial charge in [0.15, 0.2) is 20.0 Å². The van der Waals surface area contributed by atoms with Gasteiger partial charge in [-0.15, -0.1) is 10.2 Å². The molecule has 2 rings (SSSR count). The fourth-order valence-electron chi connectivity index (χ4n) is 1.91. The van der Waals surface area contributed by atoms with Gasteiger partial charge in [-0.3, -0.25) is 0 Å². The number of hydrogen-bond donors (Lipinski definition) is 1. The number of aromatic nitrogens is 2. The average Bonchev–Trinajstić information content (AvgIpc) is 2.30. The maximum absolute atomic E-state index is 12.0. The lowest BCUT2D eigenvalue weighted by molar-refractivity contribution is 0.401. The third-order valence-corrected chi connectivity index (χ3v) is 4.81. The quantitative estimate of drug-likeness (QED) is 0.887. The molecule has 0 saturated carbocycles. The SMILES string of the molecule is O=S(=O)(CC1CCNCC1)c1ccc(Cl)nn1. The van der Waals surface area contributed by atoms with Gasteiger partial charge in [0, 0.05) is 0 Å². The molecule has 1 aliphatic rings. The number of rotatable bonds is 3. The highest BCUT2D eigenvalue weighted by molar-refractivity contribution is 7.91. The number of nitrogens with zero attached hydrogens (tertiary/aromatic N) is 2. The molecule has 0 aromatic carbocycles. The van der Waals surface area contributed by atoms with Crippen molar-refractivity contribution in [3.63, 3.8) is 0 Å². The lowest BCUT2D eigenvalue weighted by Gasteiger charge is -2.21. The average molecular weight is 276 g/mol. The summed E-state index contributed by atoms with van der Waals surface area (Å²) in [5.41, 5.74) is 0. The van der Waals surface area contributed by atoms with Crippen molar-refractivity contribution in [1.29, 1.82) is 0 Å². The summed E-state index contributed by atoms with van der Waals surface area (Å²) in [6.45, 7) is 1.76. The van der Waals surface area contributed by atoms with Crippen LogP contribution < -0.4 is 5.32 Å². The van der Waals surface area contributed by atoms with Crippen LogP contribution in [0.5, 0.6) is 0 Å². The third-order valence-electron chi connectivity index (χ3n) is 2.84. The molecule has 2 heterocycles. The Labute approximate surface area is 106 Å². The molecule has 1 aromatic rings. The molecule has 94 valence electrons. The highest BCUT2D eigenvalue weighted by atomic mass is 35.5. The molecule has 0 aliphatic carbocycles. The molecule has 0 radical (unpaired) electrons. The summed E-state index contributed by atoms with van der Waals surface area (Å²) in [6, 6.07) is 2.86. The van der Waals surface area contributed by atoms with E-state index in [0.29, 0.717) is 0 Å². The molecule has 1 fully saturated rings. The molecule has 1 aliphatic heterocycles. The van der Waals surface area contributed by atoms with E-state index in [4.69, 9.17) is 11.6 Å². The highest BCUT2D eigenvalue weighted by Crippen LogP contribution is 2.18. The molecule has 1 saturated heterocycles. The normalized spacial score (nSPS) is 18.2. The number of piperidine rings is 1. The lowest BCUT2D eigenvalue weighted by Crippen LogP contribution is -2.31. The second-order valence-electron chi connectivity index (χ2n) is 4.17. The first-order chi connectivity index (χ1) is 8.08. The summed E-state index contributed by atoms with van der Waals surface area (Å²) < 4.78 is 24.1. The molecule has 1 N–H and O–H groups in total. The highest BCUT2D eigenvalue weighted by Gasteiger charge is 2.24. The summed E-state index contributed by atoms with van der Waals surface area (Å²) in [7, 11) is -3.34. The Morgan fingerprint density at radius 3 is 2.59 bits per heavy atom. The maximum Gasteiger partial charge on any atom is 0.197 e. The summed E-state index contributed by atoms with van der Waals surface area (Å²) in [6.07, 6.45) is 1.78. The zero-order valence-corrected chi connectivity index (χ0v) is 10.8. The van der Waals surface area contributed by atoms with Crippen LogP contribution in [-0.2, 0) is 9.84 Å². The van der Waals surface area contributed by atoms with Crippen LogP contribution in [-0.4, -0.2) is 37.5 Å². The molecule has 0 bridgehead atoms. The molecule has 17 heavy (non-hydrogen) atoms. The molecule has 5 nitrogen and oxygen atoms in total. The molecular formula is C10H14ClN3O2S. The topological polar surface area (TPSA) is 72.0 Å². The second kappa shape index (κ2) is 5.29. The zero-order chi connectivity index (χ0) is 12.3. The van der Waals surface area contributed by atoms with E-state index in [-0.39, 0.29) is 21.8 Å². The van der Waals surface area contributed by atoms with E-state index in [0.717, 1.165) is 25.9 Å². The van der Waals surface area contributed by atoms with Gasteiger partial charge in [-0.05, 0) is 44.0 Å². The summed E-state index contributed by atoms with van der Waals surface area (Å²) in [4.78, 5) is 0. The fourth-order valence-corrected chi connectivity index (χ4v) is 3.58. The van der Waals surface area contributed by atoms with Crippen LogP contribution in [0, 0.1) is 5.92 Å². The predicted molar refractivity (Wildman–Crippen MR) is 64.7 cm³/mol. The Morgan fingerprint density at radius 2 is 2.00 bits per heavy atom. The van der Waals surface area contributed by atoms with E-state index < -0.39 is 9.84 Å². The second-order valence-corrected chi connectivity index (χ2v) is 6.54. The Hall–Kier alpha value is -0.720. The Balaban J connectivity index is 2.10. The Morgan fingerprint density at radius 1 is 1.29 bits per heavy atom. The lowest BCUT2D eigenvalue weighted by atomic mass is 10.0. The number of nitrogens with one attached hydrogen (secondary N) is 1. The maximum atomic E-state index is 12.0. The molecule has 0 unspecified atom stereocenters. The zero-order valence-electron chi connectivity index (χ0n) is 9.26. The predicted octanol–water partition coefficient (Wildman–Crippen LogP) is 0.903. The van der Waals surface area contributed by atoms with Crippen molar-refractivity contribution < 1.29 is 8.42 Å². The molecule has 0 spiro atoms. The molecule has 0 atom stereocenters. The van der Waals surface area contributed by atoms with Gasteiger partial charge < -0.3 is 5.32 Å². The Bertz CT molecular complexity index is 469. The van der Waals surface area contributed by atoms with Crippen molar-refractivity contribution in [1.82, 2.24) is 15.5 Å². The summed E-state index contributed by atoms with van der Waals surface area (Å²) in [5.74, 6) is 0.351. The van der Waals surface area contributed by atoms with Crippen molar-refractivity contribution in [3.8, 4) is 0 Å². The van der Waals surface area contributed by atoms with E-state index >= 15 is 0 Å². The fraction of sp³-hybridized carbons (Fsp3) is 0.600. The van der Waals surface area contributed by atoms with Gasteiger partial charge in [0.1, 0.15) is 0 Å². The van der Waals surface area contributed by atoms with Gasteiger partial charge in [-0.2, -0.15) is 0 Å². The van der Waals surface area contributed by atoms with E-state index in [1.54, 1.807) is 0 Å². The van der Waals surface area contributed by atoms with Crippen molar-refractivity contribution in [2.24, 2.45) is 5.92 Å². The first-order valence-corrected chi connectivity index (χ1v) is 7.54. The van der Waals surface area contributed by atoms with Gasteiger partial charge in [0.2, 0.25) is 0 Å². The van der Waals surface area contributed by atoms with Crippen molar-refractivity contribution in [2.45, 2.75) is 17.9 Å². The van der Waals surface area contributed by atoms with Crippen LogP contribution in [0.1, 0.15) is 12.8 Å². The van der Waals surface area contributed by atoms with Crippen molar-refractivity contribution in [2.75, 3.05) is 18.8 Å². The van der Waals surface area contributed by atoms with Crippen LogP contribution in [0.4, 0.5) is 0 Å². The van der Waals surface area contributed by atoms with E-state index in [1.807, 2.05) is 0 Å². The molecule has 0 amide bonds. The summed E-state index contributed by atoms with van der Waals surface area (Å²) in [5, 5.41) is 10.6. The van der Waals surface area contributed by atoms with Crippen molar-refractivity contribution >= 4 is 21.4 Å². The largest absolute Gasteiger partial charge is 0.317 e. The van der Waals surface area contributed by atoms with Crippen LogP contribution >= 0.6 is 11.6 Å². The summed E-state index contributed by atoms with van der Waals surface area (Å²) >= 11 is 5.58. The van der Waals surface area contributed by atoms with E-state index in [9.17, 15) is 8.42 Å². The van der Waals surface area contributed by atoms with Gasteiger partial charge in [-0.25, -0.2) is 8.42 Å². The molecule has 1 aromatic heterocycles. The standard InChI is InChI=1S/C10H14ClN3O2S/c11-9-1-2-10(14-13-9)17(15,16)7-8-3-5-12-6-4-8/h1-2,8,12H,3-7H2. The van der Waals surface area contributed by atoms with Gasteiger partial charge >= 0.3 is 0 Å². The first kappa shape index (κ1) is 12.7. The minimum Gasteiger partial charge on any atom is -0.317 e. The third kappa shape index (κ3) is 3.37. The number of hydrogen-bond acceptors (Lipinski definition) is 5. The Kier molecular flexibility index (Phi) is 3.96. The van der Waals surface area contributed by atoms with Gasteiger partial charge in [0.05, 0.1) is 5.75 Å². The van der Waals surface area contributed by atoms with Crippen LogP contribution in [0.2, 0.25) is 5.15 Å². The van der Waals surface area contributed by atoms with Crippen LogP contribution in [0.15, 0.2) is 17.2 Å². The van der Waals surface area contributed by atoms with Crippen LogP contribution in [0.25, 0.3) is 0 Å². The minimum atomic E-state index is -3.34. The monoisotopic (exact) mass is 275 g/mol. The van der Waals surface area contributed by atoms with Crippen LogP contribution in [0.3, 0.4) is 0 Å². The first-order valence-electron chi connectivity index (χ1n) is 5.50. The number of sulfone groups is 1. The smallest absolute Gasteiger partial charge is 0.197 e. The number of halogens is 1. The van der Waals surface area contributed by atoms with Gasteiger partial charge in [-0.1, -0.05) is 11.6 Å². The van der Waals surface area contributed by atoms with Crippen molar-refractivity contribution in [3.05, 3.63) is 17.3 Å². The minimum absolute atomic E-state index is 0.0143. The molecule has 7 heteroatoms. The van der Waals surface area contributed by atoms with E-state index in [1.165, 1.54) is 12.1 Å². The van der Waals surface area contributed by atoms with Gasteiger partial charge in [0.25, 0.3) is 0 Å². The van der Waals surface area contributed by atoms with E-state index in [2.05, 4.69) is 15.5 Å².